The van der Waals surface area contributed by atoms with E-state index in [0.29, 0.717) is 13.0 Å². The Hall–Kier alpha value is -1.86. The number of anilines is 1. The minimum atomic E-state index is -0.354. The Bertz CT molecular complexity index is 443. The molecule has 0 atom stereocenters. The van der Waals surface area contributed by atoms with E-state index in [1.54, 1.807) is 4.90 Å². The van der Waals surface area contributed by atoms with Gasteiger partial charge in [-0.1, -0.05) is 18.2 Å². The van der Waals surface area contributed by atoms with Crippen LogP contribution in [0.25, 0.3) is 0 Å². The predicted octanol–water partition coefficient (Wildman–Crippen LogP) is 2.75. The van der Waals surface area contributed by atoms with Gasteiger partial charge in [0.1, 0.15) is 6.61 Å². The van der Waals surface area contributed by atoms with Crippen LogP contribution in [0, 0.1) is 11.3 Å². The Kier molecular flexibility index (Phi) is 5.53. The molecule has 4 nitrogen and oxygen atoms in total. The number of nitrogens with zero attached hydrogens (tertiary/aromatic N) is 2. The maximum absolute atomic E-state index is 12.2. The Morgan fingerprint density at radius 2 is 1.95 bits per heavy atom. The largest absolute Gasteiger partial charge is 0.366 e. The molecular weight excluding hydrogens is 240 g/mol. The summed E-state index contributed by atoms with van der Waals surface area (Å²) in [4.78, 5) is 13.8. The molecule has 0 radical (unpaired) electrons. The molecule has 1 amide bonds. The van der Waals surface area contributed by atoms with Gasteiger partial charge in [0.25, 0.3) is 5.91 Å². The molecule has 0 heterocycles. The Balaban J connectivity index is 2.75. The van der Waals surface area contributed by atoms with Gasteiger partial charge in [-0.15, -0.1) is 0 Å². The van der Waals surface area contributed by atoms with Crippen LogP contribution >= 0.6 is 0 Å². The molecule has 19 heavy (non-hydrogen) atoms. The summed E-state index contributed by atoms with van der Waals surface area (Å²) >= 11 is 0. The van der Waals surface area contributed by atoms with Gasteiger partial charge in [0, 0.05) is 12.2 Å². The van der Waals surface area contributed by atoms with Crippen molar-refractivity contribution in [1.82, 2.24) is 0 Å². The van der Waals surface area contributed by atoms with Crippen molar-refractivity contribution in [3.63, 3.8) is 0 Å². The Labute approximate surface area is 114 Å². The number of carbonyl (C=O) groups excluding carboxylic acids is 1. The minimum Gasteiger partial charge on any atom is -0.366 e. The minimum absolute atomic E-state index is 0.0177. The first-order chi connectivity index (χ1) is 8.94. The maximum Gasteiger partial charge on any atom is 0.253 e. The quantitative estimate of drug-likeness (QED) is 0.818. The summed E-state index contributed by atoms with van der Waals surface area (Å²) in [7, 11) is 0. The topological polar surface area (TPSA) is 53.3 Å². The van der Waals surface area contributed by atoms with Crippen molar-refractivity contribution in [2.24, 2.45) is 0 Å². The number of para-hydroxylation sites is 1. The van der Waals surface area contributed by atoms with Crippen molar-refractivity contribution in [3.8, 4) is 6.07 Å². The summed E-state index contributed by atoms with van der Waals surface area (Å²) in [6.07, 6.45) is 0.302. The van der Waals surface area contributed by atoms with E-state index in [9.17, 15) is 4.79 Å². The second-order valence-corrected chi connectivity index (χ2v) is 5.19. The van der Waals surface area contributed by atoms with Crippen LogP contribution in [0.3, 0.4) is 0 Å². The van der Waals surface area contributed by atoms with E-state index in [0.717, 1.165) is 5.69 Å². The van der Waals surface area contributed by atoms with Crippen molar-refractivity contribution >= 4 is 11.6 Å². The fourth-order valence-corrected chi connectivity index (χ4v) is 1.52. The summed E-state index contributed by atoms with van der Waals surface area (Å²) in [5.74, 6) is -0.128. The molecule has 0 aliphatic carbocycles. The molecule has 0 saturated carbocycles. The van der Waals surface area contributed by atoms with Crippen molar-refractivity contribution < 1.29 is 9.53 Å². The summed E-state index contributed by atoms with van der Waals surface area (Å²) < 4.78 is 5.50. The third-order valence-corrected chi connectivity index (χ3v) is 2.44. The zero-order valence-electron chi connectivity index (χ0n) is 11.7. The zero-order chi connectivity index (χ0) is 14.3. The van der Waals surface area contributed by atoms with E-state index in [1.807, 2.05) is 51.1 Å². The van der Waals surface area contributed by atoms with Gasteiger partial charge in [0.2, 0.25) is 0 Å². The van der Waals surface area contributed by atoms with Gasteiger partial charge in [0.05, 0.1) is 18.1 Å². The van der Waals surface area contributed by atoms with Crippen LogP contribution in [0.2, 0.25) is 0 Å². The molecule has 1 aromatic rings. The van der Waals surface area contributed by atoms with Gasteiger partial charge in [0.15, 0.2) is 0 Å². The molecule has 0 N–H and O–H groups in total. The number of hydrogen-bond donors (Lipinski definition) is 0. The molecule has 1 aromatic carbocycles. The van der Waals surface area contributed by atoms with E-state index in [-0.39, 0.29) is 18.1 Å². The fourth-order valence-electron chi connectivity index (χ4n) is 1.52. The monoisotopic (exact) mass is 260 g/mol. The normalized spacial score (nSPS) is 10.8. The van der Waals surface area contributed by atoms with Crippen molar-refractivity contribution in [2.75, 3.05) is 18.1 Å². The van der Waals surface area contributed by atoms with E-state index in [4.69, 9.17) is 10.00 Å². The third kappa shape index (κ3) is 5.54. The average Bonchev–Trinajstić information content (AvgIpc) is 2.37. The second kappa shape index (κ2) is 6.91. The molecule has 0 spiro atoms. The summed E-state index contributed by atoms with van der Waals surface area (Å²) in [6, 6.07) is 11.4. The van der Waals surface area contributed by atoms with E-state index >= 15 is 0 Å². The first-order valence-electron chi connectivity index (χ1n) is 6.30. The van der Waals surface area contributed by atoms with Gasteiger partial charge in [-0.05, 0) is 32.9 Å². The second-order valence-electron chi connectivity index (χ2n) is 5.19. The average molecular weight is 260 g/mol. The number of ether oxygens (including phenoxy) is 1. The number of carbonyl (C=O) groups is 1. The number of amides is 1. The number of benzene rings is 1. The first-order valence-corrected chi connectivity index (χ1v) is 6.30. The molecule has 0 aliphatic rings. The first kappa shape index (κ1) is 15.2. The molecule has 1 rings (SSSR count). The molecule has 102 valence electrons. The van der Waals surface area contributed by atoms with Gasteiger partial charge in [-0.2, -0.15) is 5.26 Å². The van der Waals surface area contributed by atoms with Gasteiger partial charge in [-0.3, -0.25) is 4.79 Å². The summed E-state index contributed by atoms with van der Waals surface area (Å²) in [5, 5.41) is 8.68. The fraction of sp³-hybridized carbons (Fsp3) is 0.467. The van der Waals surface area contributed by atoms with Gasteiger partial charge in [-0.25, -0.2) is 0 Å². The smallest absolute Gasteiger partial charge is 0.253 e. The van der Waals surface area contributed by atoms with E-state index in [1.165, 1.54) is 0 Å². The number of nitriles is 1. The van der Waals surface area contributed by atoms with Crippen LogP contribution in [0.15, 0.2) is 30.3 Å². The highest BCUT2D eigenvalue weighted by molar-refractivity contribution is 5.94. The standard InChI is InChI=1S/C15H20N2O2/c1-15(2,3)19-12-14(18)17(11-7-10-16)13-8-5-4-6-9-13/h4-6,8-9H,7,11-12H2,1-3H3. The zero-order valence-corrected chi connectivity index (χ0v) is 11.7. The number of hydrogen-bond acceptors (Lipinski definition) is 3. The molecule has 0 unspecified atom stereocenters. The van der Waals surface area contributed by atoms with E-state index < -0.39 is 0 Å². The van der Waals surface area contributed by atoms with Gasteiger partial charge < -0.3 is 9.64 Å². The molecule has 0 aromatic heterocycles. The van der Waals surface area contributed by atoms with Crippen LogP contribution in [-0.4, -0.2) is 24.7 Å². The highest BCUT2D eigenvalue weighted by atomic mass is 16.5. The molecular formula is C15H20N2O2. The SMILES string of the molecule is CC(C)(C)OCC(=O)N(CCC#N)c1ccccc1. The number of rotatable bonds is 5. The maximum atomic E-state index is 12.2. The summed E-state index contributed by atoms with van der Waals surface area (Å²) in [6.45, 7) is 6.11. The van der Waals surface area contributed by atoms with Crippen molar-refractivity contribution in [2.45, 2.75) is 32.8 Å². The lowest BCUT2D eigenvalue weighted by Gasteiger charge is -2.25. The predicted molar refractivity (Wildman–Crippen MR) is 74.7 cm³/mol. The Morgan fingerprint density at radius 3 is 2.47 bits per heavy atom. The molecule has 0 bridgehead atoms. The van der Waals surface area contributed by atoms with Crippen LogP contribution in [0.4, 0.5) is 5.69 Å². The van der Waals surface area contributed by atoms with Gasteiger partial charge >= 0.3 is 0 Å². The van der Waals surface area contributed by atoms with Crippen molar-refractivity contribution in [3.05, 3.63) is 30.3 Å². The molecule has 0 saturated heterocycles. The lowest BCUT2D eigenvalue weighted by atomic mass is 10.2. The highest BCUT2D eigenvalue weighted by Gasteiger charge is 2.19. The molecule has 4 heteroatoms. The lowest BCUT2D eigenvalue weighted by Crippen LogP contribution is -2.37. The van der Waals surface area contributed by atoms with Crippen LogP contribution in [0.5, 0.6) is 0 Å². The highest BCUT2D eigenvalue weighted by Crippen LogP contribution is 2.15. The molecule has 0 fully saturated rings. The van der Waals surface area contributed by atoms with E-state index in [2.05, 4.69) is 6.07 Å². The third-order valence-electron chi connectivity index (χ3n) is 2.44. The summed E-state index contributed by atoms with van der Waals surface area (Å²) in [5.41, 5.74) is 0.438. The van der Waals surface area contributed by atoms with Crippen molar-refractivity contribution in [1.29, 1.82) is 5.26 Å². The lowest BCUT2D eigenvalue weighted by molar-refractivity contribution is -0.127. The van der Waals surface area contributed by atoms with Crippen LogP contribution < -0.4 is 4.90 Å². The molecule has 0 aliphatic heterocycles. The van der Waals surface area contributed by atoms with Crippen LogP contribution in [-0.2, 0) is 9.53 Å². The Morgan fingerprint density at radius 1 is 1.32 bits per heavy atom. The van der Waals surface area contributed by atoms with Crippen LogP contribution in [0.1, 0.15) is 27.2 Å².